The molecule has 0 bridgehead atoms. The van der Waals surface area contributed by atoms with E-state index < -0.39 is 17.8 Å². The maximum Gasteiger partial charge on any atom is 0.257 e. The summed E-state index contributed by atoms with van der Waals surface area (Å²) < 4.78 is 26.7. The fourth-order valence-electron chi connectivity index (χ4n) is 9.15. The number of allylic oxidation sites excluding steroid dienone is 3. The number of amides is 2. The second-order valence-electron chi connectivity index (χ2n) is 17.0. The van der Waals surface area contributed by atoms with Crippen molar-refractivity contribution < 1.29 is 23.5 Å². The van der Waals surface area contributed by atoms with Crippen LogP contribution in [-0.4, -0.2) is 113 Å². The van der Waals surface area contributed by atoms with Crippen LogP contribution in [0, 0.1) is 5.82 Å². The molecule has 3 aromatic rings. The minimum Gasteiger partial charge on any atom is -0.438 e. The molecule has 2 amide bonds. The average molecular weight is 805 g/mol. The zero-order valence-corrected chi connectivity index (χ0v) is 34.6. The molecule has 13 heteroatoms. The van der Waals surface area contributed by atoms with E-state index in [9.17, 15) is 14.0 Å². The molecule has 4 atom stereocenters. The Balaban J connectivity index is 0.928. The Kier molecular flexibility index (Phi) is 12.5. The van der Waals surface area contributed by atoms with Gasteiger partial charge in [0.2, 0.25) is 11.8 Å². The average Bonchev–Trinajstić information content (AvgIpc) is 3.66. The first kappa shape index (κ1) is 40.8. The third kappa shape index (κ3) is 9.92. The predicted octanol–water partition coefficient (Wildman–Crippen LogP) is 5.80. The van der Waals surface area contributed by atoms with Crippen molar-refractivity contribution >= 4 is 17.6 Å². The molecule has 3 fully saturated rings. The highest BCUT2D eigenvalue weighted by Gasteiger charge is 2.33. The van der Waals surface area contributed by atoms with E-state index in [1.165, 1.54) is 17.2 Å². The van der Waals surface area contributed by atoms with Crippen LogP contribution in [-0.2, 0) is 22.6 Å². The molecule has 1 aliphatic carbocycles. The number of fused-ring (bicyclic) bond motifs is 1. The van der Waals surface area contributed by atoms with Gasteiger partial charge in [0.15, 0.2) is 0 Å². The van der Waals surface area contributed by atoms with Crippen LogP contribution in [0.5, 0.6) is 11.6 Å². The summed E-state index contributed by atoms with van der Waals surface area (Å²) in [7, 11) is 0. The van der Waals surface area contributed by atoms with Gasteiger partial charge in [-0.15, -0.1) is 0 Å². The molecular formula is C46H57FN8O4. The first-order valence-corrected chi connectivity index (χ1v) is 21.2. The lowest BCUT2D eigenvalue weighted by Gasteiger charge is -2.36. The zero-order valence-electron chi connectivity index (χ0n) is 34.6. The quantitative estimate of drug-likeness (QED) is 0.221. The van der Waals surface area contributed by atoms with Crippen LogP contribution in [0.2, 0.25) is 0 Å². The van der Waals surface area contributed by atoms with Crippen LogP contribution in [0.4, 0.5) is 4.39 Å². The number of morpholine rings is 1. The van der Waals surface area contributed by atoms with Gasteiger partial charge in [0, 0.05) is 68.6 Å². The number of pyridine rings is 1. The van der Waals surface area contributed by atoms with Gasteiger partial charge in [-0.1, -0.05) is 36.4 Å². The third-order valence-corrected chi connectivity index (χ3v) is 12.1. The Morgan fingerprint density at radius 3 is 2.51 bits per heavy atom. The summed E-state index contributed by atoms with van der Waals surface area (Å²) in [4.78, 5) is 42.7. The lowest BCUT2D eigenvalue weighted by Crippen LogP contribution is -2.53. The Morgan fingerprint density at radius 2 is 1.75 bits per heavy atom. The van der Waals surface area contributed by atoms with Gasteiger partial charge >= 0.3 is 0 Å². The Morgan fingerprint density at radius 1 is 0.966 bits per heavy atom. The number of nitrogens with zero attached hydrogens (tertiary/aromatic N) is 5. The highest BCUT2D eigenvalue weighted by molar-refractivity contribution is 6.00. The largest absolute Gasteiger partial charge is 0.438 e. The molecule has 1 saturated carbocycles. The first-order chi connectivity index (χ1) is 28.5. The smallest absolute Gasteiger partial charge is 0.257 e. The number of nitrogens with one attached hydrogen (secondary N) is 3. The molecule has 2 aromatic carbocycles. The summed E-state index contributed by atoms with van der Waals surface area (Å²) in [5.41, 5.74) is 5.70. The molecule has 5 aliphatic rings. The molecule has 0 spiro atoms. The zero-order chi connectivity index (χ0) is 41.0. The van der Waals surface area contributed by atoms with Crippen molar-refractivity contribution in [3.63, 3.8) is 0 Å². The number of aliphatic imine (C=N–C) groups is 1. The van der Waals surface area contributed by atoms with Gasteiger partial charge in [0.05, 0.1) is 26.0 Å². The van der Waals surface area contributed by atoms with E-state index in [1.54, 1.807) is 0 Å². The minimum atomic E-state index is -0.623. The topological polar surface area (TPSA) is 124 Å². The number of piperazine rings is 1. The van der Waals surface area contributed by atoms with Crippen LogP contribution >= 0.6 is 0 Å². The maximum atomic E-state index is 14.6. The monoisotopic (exact) mass is 804 g/mol. The van der Waals surface area contributed by atoms with E-state index in [4.69, 9.17) is 9.47 Å². The molecule has 1 unspecified atom stereocenters. The molecule has 1 aromatic heterocycles. The van der Waals surface area contributed by atoms with Crippen LogP contribution < -0.4 is 20.7 Å². The van der Waals surface area contributed by atoms with Gasteiger partial charge in [-0.2, -0.15) is 0 Å². The fraction of sp³-hybridized carbons (Fsp3) is 0.478. The van der Waals surface area contributed by atoms with Crippen molar-refractivity contribution in [3.05, 3.63) is 101 Å². The molecular weight excluding hydrogens is 748 g/mol. The number of carbonyl (C=O) groups excluding carboxylic acids is 2. The minimum absolute atomic E-state index is 0.00323. The Labute approximate surface area is 346 Å². The fourth-order valence-corrected chi connectivity index (χ4v) is 9.15. The van der Waals surface area contributed by atoms with Gasteiger partial charge in [0.1, 0.15) is 29.0 Å². The van der Waals surface area contributed by atoms with E-state index in [2.05, 4.69) is 85.7 Å². The highest BCUT2D eigenvalue weighted by Crippen LogP contribution is 2.33. The summed E-state index contributed by atoms with van der Waals surface area (Å²) in [6.07, 6.45) is 9.72. The van der Waals surface area contributed by atoms with Crippen LogP contribution in [0.15, 0.2) is 83.6 Å². The second-order valence-corrected chi connectivity index (χ2v) is 17.0. The second kappa shape index (κ2) is 18.1. The third-order valence-electron chi connectivity index (χ3n) is 12.1. The van der Waals surface area contributed by atoms with Gasteiger partial charge in [-0.25, -0.2) is 9.37 Å². The van der Waals surface area contributed by atoms with Gasteiger partial charge in [-0.3, -0.25) is 24.4 Å². The lowest BCUT2D eigenvalue weighted by atomic mass is 9.90. The van der Waals surface area contributed by atoms with Crippen molar-refractivity contribution in [1.82, 2.24) is 35.6 Å². The van der Waals surface area contributed by atoms with E-state index in [0.29, 0.717) is 69.3 Å². The van der Waals surface area contributed by atoms with E-state index >= 15 is 0 Å². The van der Waals surface area contributed by atoms with Crippen molar-refractivity contribution in [1.29, 1.82) is 0 Å². The van der Waals surface area contributed by atoms with Crippen LogP contribution in [0.1, 0.15) is 74.9 Å². The van der Waals surface area contributed by atoms with Crippen molar-refractivity contribution in [2.24, 2.45) is 4.99 Å². The van der Waals surface area contributed by atoms with Crippen molar-refractivity contribution in [2.45, 2.75) is 103 Å². The standard InChI is InChI=1S/C46H57FN8O4/c1-29-23-53(24-30(2)49-29)25-33-11-16-40(35(19-33)26-54-17-18-58-28-32(54)4)34-8-6-9-39(20-34)59-46-41(21-36(47)22-48-46)44(56)50-37-12-14-38(15-13-37)51-45(57)42-27-55-31(3)7-5-10-43(55)52-42/h5-11,16,19-22,29-30,32,37-38,42,49H,12-15,17-18,23-28H2,1-4H3,(H,50,56)(H,51,57)/t29-,30+,32-,37?,38?,42?/m0/s1. The van der Waals surface area contributed by atoms with Gasteiger partial charge < -0.3 is 30.3 Å². The summed E-state index contributed by atoms with van der Waals surface area (Å²) in [5.74, 6) is 0.203. The predicted molar refractivity (Wildman–Crippen MR) is 227 cm³/mol. The summed E-state index contributed by atoms with van der Waals surface area (Å²) in [5, 5.41) is 9.89. The number of carbonyl (C=O) groups is 2. The molecule has 59 heavy (non-hydrogen) atoms. The van der Waals surface area contributed by atoms with E-state index in [-0.39, 0.29) is 29.4 Å². The van der Waals surface area contributed by atoms with Crippen molar-refractivity contribution in [3.8, 4) is 22.8 Å². The van der Waals surface area contributed by atoms with Crippen LogP contribution in [0.25, 0.3) is 11.1 Å². The van der Waals surface area contributed by atoms with E-state index in [1.807, 2.05) is 43.4 Å². The van der Waals surface area contributed by atoms with E-state index in [0.717, 1.165) is 61.6 Å². The first-order valence-electron chi connectivity index (χ1n) is 21.2. The molecule has 2 saturated heterocycles. The van der Waals surface area contributed by atoms with Crippen LogP contribution in [0.3, 0.4) is 0 Å². The summed E-state index contributed by atoms with van der Waals surface area (Å²) in [6.45, 7) is 15.2. The number of halogens is 1. The molecule has 3 N–H and O–H groups in total. The number of benzene rings is 2. The number of ether oxygens (including phenoxy) is 2. The number of hydrogen-bond donors (Lipinski definition) is 3. The summed E-state index contributed by atoms with van der Waals surface area (Å²) >= 11 is 0. The number of rotatable bonds is 11. The van der Waals surface area contributed by atoms with Gasteiger partial charge in [-0.05, 0) is 106 Å². The molecule has 4 aliphatic heterocycles. The molecule has 0 radical (unpaired) electrons. The maximum absolute atomic E-state index is 14.6. The number of aromatic nitrogens is 1. The molecule has 312 valence electrons. The normalized spacial score (nSPS) is 26.2. The van der Waals surface area contributed by atoms with Gasteiger partial charge in [0.25, 0.3) is 5.91 Å². The molecule has 5 heterocycles. The highest BCUT2D eigenvalue weighted by atomic mass is 19.1. The Hall–Kier alpha value is -4.95. The Bertz CT molecular complexity index is 2110. The lowest BCUT2D eigenvalue weighted by molar-refractivity contribution is -0.123. The summed E-state index contributed by atoms with van der Waals surface area (Å²) in [6, 6.07) is 16.3. The van der Waals surface area contributed by atoms with Crippen molar-refractivity contribution in [2.75, 3.05) is 39.4 Å². The molecule has 8 rings (SSSR count). The SMILES string of the molecule is CC1=CC=CC2=NC(C(=O)NC3CCC(NC(=O)c4cc(F)cnc4Oc4cccc(-c5ccc(CN6C[C@@H](C)N[C@@H](C)C6)cc5CN5CCOC[C@@H]5C)c4)CC3)CN12. The number of amidine groups is 1. The number of hydrogen-bond acceptors (Lipinski definition) is 10. The molecule has 12 nitrogen and oxygen atoms in total.